The van der Waals surface area contributed by atoms with Gasteiger partial charge in [-0.2, -0.15) is 0 Å². The zero-order valence-electron chi connectivity index (χ0n) is 64.6. The van der Waals surface area contributed by atoms with Crippen LogP contribution in [0.1, 0.15) is 297 Å². The fourth-order valence-electron chi connectivity index (χ4n) is 9.97. The van der Waals surface area contributed by atoms with Crippen LogP contribution in [0.2, 0.25) is 0 Å². The van der Waals surface area contributed by atoms with Crippen molar-refractivity contribution in [1.82, 2.24) is 0 Å². The number of rotatable bonds is 73. The predicted molar refractivity (Wildman–Crippen MR) is 427 cm³/mol. The molecule has 3 N–H and O–H groups in total. The first-order valence-electron chi connectivity index (χ1n) is 39.7. The van der Waals surface area contributed by atoms with Gasteiger partial charge in [-0.05, 0) is 161 Å². The van der Waals surface area contributed by atoms with E-state index < -0.39 is 97.5 Å². The first-order valence-corrected chi connectivity index (χ1v) is 42.7. The number of ether oxygens (including phenoxy) is 4. The van der Waals surface area contributed by atoms with Gasteiger partial charge in [0, 0.05) is 25.7 Å². The SMILES string of the molecule is CC/C=C\C/C=C\C/C=C\C/C=C\C/C=C\C/C=C\CCC(=O)O[C@H](COC(=O)CCCCCCC/C=C\CCCCCC)COP(=O)(O)OC[C@H](O)COP(=O)(O)OC[C@@H](COC(=O)CCCCC/C=C\C/C=C\C/C=C\C/C=C\C/C=C\CC)OC(=O)CCCCCCC/C=C\CCCCCC. The smallest absolute Gasteiger partial charge is 0.462 e. The Morgan fingerprint density at radius 3 is 0.846 bits per heavy atom. The number of aliphatic hydroxyl groups excluding tert-OH is 1. The maximum atomic E-state index is 13.1. The summed E-state index contributed by atoms with van der Waals surface area (Å²) < 4.78 is 68.4. The second-order valence-electron chi connectivity index (χ2n) is 25.9. The summed E-state index contributed by atoms with van der Waals surface area (Å²) in [6.45, 7) is 4.46. The molecule has 0 heterocycles. The zero-order valence-corrected chi connectivity index (χ0v) is 66.4. The van der Waals surface area contributed by atoms with E-state index in [1.807, 2.05) is 18.2 Å². The van der Waals surface area contributed by atoms with Crippen molar-refractivity contribution in [2.75, 3.05) is 39.6 Å². The van der Waals surface area contributed by atoms with E-state index in [1.54, 1.807) is 0 Å². The number of phosphoric ester groups is 2. The van der Waals surface area contributed by atoms with Gasteiger partial charge >= 0.3 is 39.5 Å². The Morgan fingerprint density at radius 2 is 0.519 bits per heavy atom. The molecule has 104 heavy (non-hydrogen) atoms. The van der Waals surface area contributed by atoms with Gasteiger partial charge in [-0.1, -0.05) is 269 Å². The minimum absolute atomic E-state index is 0.0368. The van der Waals surface area contributed by atoms with Gasteiger partial charge in [-0.3, -0.25) is 37.3 Å². The number of esters is 4. The van der Waals surface area contributed by atoms with Crippen LogP contribution in [0, 0.1) is 0 Å². The molecule has 0 radical (unpaired) electrons. The maximum Gasteiger partial charge on any atom is 0.472 e. The number of aliphatic hydroxyl groups is 1. The van der Waals surface area contributed by atoms with E-state index in [9.17, 15) is 43.2 Å². The Kier molecular flexibility index (Phi) is 72.0. The van der Waals surface area contributed by atoms with E-state index in [2.05, 4.69) is 167 Å². The summed E-state index contributed by atoms with van der Waals surface area (Å²) in [6, 6.07) is 0. The largest absolute Gasteiger partial charge is 0.472 e. The van der Waals surface area contributed by atoms with Crippen molar-refractivity contribution in [3.05, 3.63) is 158 Å². The van der Waals surface area contributed by atoms with Crippen molar-refractivity contribution < 1.29 is 80.2 Å². The summed E-state index contributed by atoms with van der Waals surface area (Å²) in [5.41, 5.74) is 0. The lowest BCUT2D eigenvalue weighted by Crippen LogP contribution is -2.30. The van der Waals surface area contributed by atoms with Gasteiger partial charge in [0.05, 0.1) is 26.4 Å². The van der Waals surface area contributed by atoms with E-state index >= 15 is 0 Å². The van der Waals surface area contributed by atoms with Crippen molar-refractivity contribution in [1.29, 1.82) is 0 Å². The fourth-order valence-corrected chi connectivity index (χ4v) is 11.5. The van der Waals surface area contributed by atoms with Gasteiger partial charge in [0.15, 0.2) is 12.2 Å². The molecule has 2 unspecified atom stereocenters. The molecule has 5 atom stereocenters. The van der Waals surface area contributed by atoms with Gasteiger partial charge in [0.2, 0.25) is 0 Å². The average molecular weight is 1500 g/mol. The summed E-state index contributed by atoms with van der Waals surface area (Å²) in [4.78, 5) is 72.9. The van der Waals surface area contributed by atoms with E-state index in [1.165, 1.54) is 51.4 Å². The molecule has 592 valence electrons. The number of hydrogen-bond donors (Lipinski definition) is 3. The quantitative estimate of drug-likeness (QED) is 0.0169. The van der Waals surface area contributed by atoms with Crippen molar-refractivity contribution >= 4 is 39.5 Å². The van der Waals surface area contributed by atoms with E-state index in [0.717, 1.165) is 161 Å². The molecule has 0 fully saturated rings. The monoisotopic (exact) mass is 1490 g/mol. The molecule has 0 aliphatic heterocycles. The molecular weight excluding hydrogens is 1350 g/mol. The molecule has 0 saturated carbocycles. The second kappa shape index (κ2) is 75.9. The number of unbranched alkanes of at least 4 members (excludes halogenated alkanes) is 21. The zero-order chi connectivity index (χ0) is 76.0. The van der Waals surface area contributed by atoms with Gasteiger partial charge in [0.1, 0.15) is 19.3 Å². The Bertz CT molecular complexity index is 2590. The van der Waals surface area contributed by atoms with Crippen LogP contribution in [-0.4, -0.2) is 96.7 Å². The average Bonchev–Trinajstić information content (AvgIpc) is 0.913. The van der Waals surface area contributed by atoms with Crippen LogP contribution >= 0.6 is 15.6 Å². The molecule has 0 bridgehead atoms. The number of hydrogen-bond acceptors (Lipinski definition) is 15. The Labute approximate surface area is 629 Å². The molecule has 0 aliphatic carbocycles. The van der Waals surface area contributed by atoms with Crippen LogP contribution < -0.4 is 0 Å². The third-order valence-corrected chi connectivity index (χ3v) is 17.9. The molecular formula is C85H140O17P2. The fraction of sp³-hybridized carbons (Fsp3) is 0.647. The molecule has 0 aliphatic rings. The standard InChI is InChI=1S/C85H140O17P2/c1-5-9-13-17-21-25-29-33-35-37-39-41-43-47-50-54-58-62-66-70-83(88)96-76-80(101-84(89)71-67-63-59-55-51-46-32-28-24-20-16-12-8-4)77-99-103(91,92)97-73-79(86)74-98-104(93,94)100-78-81(75-95-82(87)69-65-61-57-53-49-45-31-27-23-19-15-11-7-3)102-85(90)72-68-64-60-56-52-48-44-42-40-38-36-34-30-26-22-18-14-10-6-2/h9-10,13-14,21-22,25-28,31-36,39-42,47-48,50,52,60,64,79-81,86H,5-8,11-12,15-20,23-24,29-30,37-38,43-46,49,51,53-59,61-63,65-78H2,1-4H3,(H,91,92)(H,93,94)/b13-9-,14-10-,25-21-,26-22-,31-27-,32-28-,35-33-,36-34-,41-39-,42-40-,50-47-,52-48-,64-60-/t79-,80-,81-/m1/s1. The van der Waals surface area contributed by atoms with Crippen molar-refractivity contribution in [2.24, 2.45) is 0 Å². The van der Waals surface area contributed by atoms with Crippen LogP contribution in [0.25, 0.3) is 0 Å². The minimum atomic E-state index is -5.01. The molecule has 0 aromatic rings. The first kappa shape index (κ1) is 98.7. The summed E-state index contributed by atoms with van der Waals surface area (Å²) in [5, 5.41) is 10.6. The van der Waals surface area contributed by atoms with E-state index in [4.69, 9.17) is 37.0 Å². The van der Waals surface area contributed by atoms with Crippen LogP contribution in [0.15, 0.2) is 158 Å². The van der Waals surface area contributed by atoms with Crippen molar-refractivity contribution in [2.45, 2.75) is 316 Å². The van der Waals surface area contributed by atoms with Crippen LogP contribution in [0.3, 0.4) is 0 Å². The molecule has 17 nitrogen and oxygen atoms in total. The number of phosphoric acid groups is 2. The van der Waals surface area contributed by atoms with E-state index in [-0.39, 0.29) is 25.7 Å². The topological polar surface area (TPSA) is 237 Å². The van der Waals surface area contributed by atoms with Gasteiger partial charge in [-0.15, -0.1) is 0 Å². The lowest BCUT2D eigenvalue weighted by atomic mass is 10.1. The van der Waals surface area contributed by atoms with Crippen LogP contribution in [0.4, 0.5) is 0 Å². The number of allylic oxidation sites excluding steroid dienone is 26. The van der Waals surface area contributed by atoms with Crippen LogP contribution in [0.5, 0.6) is 0 Å². The number of carbonyl (C=O) groups is 4. The predicted octanol–water partition coefficient (Wildman–Crippen LogP) is 23.2. The summed E-state index contributed by atoms with van der Waals surface area (Å²) in [5.74, 6) is -2.34. The summed E-state index contributed by atoms with van der Waals surface area (Å²) >= 11 is 0. The normalized spacial score (nSPS) is 14.7. The lowest BCUT2D eigenvalue weighted by molar-refractivity contribution is -0.161. The highest BCUT2D eigenvalue weighted by Gasteiger charge is 2.30. The second-order valence-corrected chi connectivity index (χ2v) is 28.8. The van der Waals surface area contributed by atoms with Crippen molar-refractivity contribution in [3.63, 3.8) is 0 Å². The Balaban J connectivity index is 5.46. The Morgan fingerprint density at radius 1 is 0.279 bits per heavy atom. The van der Waals surface area contributed by atoms with Gasteiger partial charge in [-0.25, -0.2) is 9.13 Å². The highest BCUT2D eigenvalue weighted by atomic mass is 31.2. The summed E-state index contributed by atoms with van der Waals surface area (Å²) in [6.07, 6.45) is 88.1. The molecule has 0 saturated heterocycles. The molecule has 19 heteroatoms. The molecule has 0 rings (SSSR count). The summed E-state index contributed by atoms with van der Waals surface area (Å²) in [7, 11) is -10.0. The van der Waals surface area contributed by atoms with Gasteiger partial charge < -0.3 is 33.8 Å². The first-order chi connectivity index (χ1) is 50.7. The Hall–Kier alpha value is -5.32. The third kappa shape index (κ3) is 74.9. The molecule has 0 aromatic carbocycles. The molecule has 0 aromatic heterocycles. The minimum Gasteiger partial charge on any atom is -0.462 e. The molecule has 0 spiro atoms. The lowest BCUT2D eigenvalue weighted by Gasteiger charge is -2.21. The highest BCUT2D eigenvalue weighted by molar-refractivity contribution is 7.47. The van der Waals surface area contributed by atoms with E-state index in [0.29, 0.717) is 32.1 Å². The molecule has 0 amide bonds. The highest BCUT2D eigenvalue weighted by Crippen LogP contribution is 2.45. The van der Waals surface area contributed by atoms with Crippen LogP contribution in [-0.2, 0) is 65.4 Å². The number of carbonyl (C=O) groups excluding carboxylic acids is 4. The third-order valence-electron chi connectivity index (χ3n) is 16.0. The van der Waals surface area contributed by atoms with Gasteiger partial charge in [0.25, 0.3) is 0 Å². The van der Waals surface area contributed by atoms with Crippen molar-refractivity contribution in [3.8, 4) is 0 Å². The maximum absolute atomic E-state index is 13.1.